The summed E-state index contributed by atoms with van der Waals surface area (Å²) >= 11 is 0. The first-order valence-electron chi connectivity index (χ1n) is 4.10. The summed E-state index contributed by atoms with van der Waals surface area (Å²) in [4.78, 5) is 10.4. The first kappa shape index (κ1) is 8.25. The minimum absolute atomic E-state index is 0.0764. The van der Waals surface area contributed by atoms with Gasteiger partial charge in [0, 0.05) is 18.2 Å². The molecule has 0 unspecified atom stereocenters. The van der Waals surface area contributed by atoms with Gasteiger partial charge in [0.05, 0.1) is 18.9 Å². The third-order valence-electron chi connectivity index (χ3n) is 1.96. The quantitative estimate of drug-likeness (QED) is 0.701. The van der Waals surface area contributed by atoms with Gasteiger partial charge in [-0.3, -0.25) is 9.48 Å². The zero-order valence-electron chi connectivity index (χ0n) is 7.06. The molecule has 0 fully saturated rings. The number of hydrogen-bond donors (Lipinski definition) is 1. The van der Waals surface area contributed by atoms with Gasteiger partial charge in [0.25, 0.3) is 0 Å². The first-order valence-corrected chi connectivity index (χ1v) is 4.10. The summed E-state index contributed by atoms with van der Waals surface area (Å²) in [5.74, 6) is -0.874. The Morgan fingerprint density at radius 1 is 1.77 bits per heavy atom. The Hall–Kier alpha value is -1.36. The van der Waals surface area contributed by atoms with Gasteiger partial charge in [-0.05, 0) is 0 Å². The predicted octanol–water partition coefficient (Wildman–Crippen LogP) is 0.0404. The Bertz CT molecular complexity index is 309. The molecule has 0 saturated heterocycles. The fourth-order valence-corrected chi connectivity index (χ4v) is 1.40. The van der Waals surface area contributed by atoms with Crippen molar-refractivity contribution in [3.05, 3.63) is 17.5 Å². The molecule has 70 valence electrons. The van der Waals surface area contributed by atoms with Gasteiger partial charge in [0.1, 0.15) is 6.54 Å². The molecule has 0 aromatic carbocycles. The van der Waals surface area contributed by atoms with E-state index < -0.39 is 5.97 Å². The van der Waals surface area contributed by atoms with Crippen LogP contribution in [0, 0.1) is 0 Å². The fourth-order valence-electron chi connectivity index (χ4n) is 1.40. The van der Waals surface area contributed by atoms with Crippen LogP contribution >= 0.6 is 0 Å². The molecule has 1 aliphatic rings. The van der Waals surface area contributed by atoms with Crippen molar-refractivity contribution in [3.63, 3.8) is 0 Å². The average molecular weight is 182 g/mol. The van der Waals surface area contributed by atoms with Crippen LogP contribution < -0.4 is 0 Å². The van der Waals surface area contributed by atoms with Crippen LogP contribution in [0.25, 0.3) is 0 Å². The maximum Gasteiger partial charge on any atom is 0.325 e. The number of carboxylic acids is 1. The third-order valence-corrected chi connectivity index (χ3v) is 1.96. The van der Waals surface area contributed by atoms with E-state index in [0.717, 1.165) is 17.7 Å². The summed E-state index contributed by atoms with van der Waals surface area (Å²) in [5.41, 5.74) is 1.97. The minimum Gasteiger partial charge on any atom is -0.480 e. The highest BCUT2D eigenvalue weighted by Gasteiger charge is 2.14. The number of aromatic nitrogens is 2. The van der Waals surface area contributed by atoms with Crippen molar-refractivity contribution < 1.29 is 14.6 Å². The van der Waals surface area contributed by atoms with E-state index in [0.29, 0.717) is 13.2 Å². The molecule has 2 heterocycles. The van der Waals surface area contributed by atoms with E-state index in [1.54, 1.807) is 6.20 Å². The van der Waals surface area contributed by atoms with Gasteiger partial charge >= 0.3 is 5.97 Å². The lowest BCUT2D eigenvalue weighted by atomic mass is 10.2. The third kappa shape index (κ3) is 1.70. The maximum absolute atomic E-state index is 10.4. The zero-order chi connectivity index (χ0) is 9.26. The SMILES string of the molecule is O=C(O)Cn1cc2c(n1)CCOC2. The second kappa shape index (κ2) is 3.18. The monoisotopic (exact) mass is 182 g/mol. The number of carboxylic acid groups (broad SMARTS) is 1. The van der Waals surface area contributed by atoms with Crippen LogP contribution in [-0.2, 0) is 29.1 Å². The number of hydrogen-bond acceptors (Lipinski definition) is 3. The van der Waals surface area contributed by atoms with Crippen LogP contribution in [0.15, 0.2) is 6.20 Å². The van der Waals surface area contributed by atoms with Crippen LogP contribution in [0.2, 0.25) is 0 Å². The molecule has 0 saturated carbocycles. The summed E-state index contributed by atoms with van der Waals surface area (Å²) in [7, 11) is 0. The molecule has 0 bridgehead atoms. The van der Waals surface area contributed by atoms with E-state index in [4.69, 9.17) is 9.84 Å². The van der Waals surface area contributed by atoms with Crippen molar-refractivity contribution in [2.45, 2.75) is 19.6 Å². The predicted molar refractivity (Wildman–Crippen MR) is 43.2 cm³/mol. The summed E-state index contributed by atoms with van der Waals surface area (Å²) in [6, 6.07) is 0. The van der Waals surface area contributed by atoms with E-state index in [9.17, 15) is 4.79 Å². The fraction of sp³-hybridized carbons (Fsp3) is 0.500. The maximum atomic E-state index is 10.4. The Balaban J connectivity index is 2.20. The van der Waals surface area contributed by atoms with Gasteiger partial charge in [-0.15, -0.1) is 0 Å². The topological polar surface area (TPSA) is 64.3 Å². The minimum atomic E-state index is -0.874. The zero-order valence-corrected chi connectivity index (χ0v) is 7.06. The van der Waals surface area contributed by atoms with Gasteiger partial charge < -0.3 is 9.84 Å². The summed E-state index contributed by atoms with van der Waals surface area (Å²) in [5, 5.41) is 12.7. The normalized spacial score (nSPS) is 15.4. The lowest BCUT2D eigenvalue weighted by Gasteiger charge is -2.08. The number of carbonyl (C=O) groups is 1. The van der Waals surface area contributed by atoms with Crippen molar-refractivity contribution in [3.8, 4) is 0 Å². The lowest BCUT2D eigenvalue weighted by molar-refractivity contribution is -0.137. The Morgan fingerprint density at radius 2 is 2.62 bits per heavy atom. The van der Waals surface area contributed by atoms with Crippen molar-refractivity contribution in [2.75, 3.05) is 6.61 Å². The molecule has 1 aromatic heterocycles. The van der Waals surface area contributed by atoms with Gasteiger partial charge in [-0.25, -0.2) is 0 Å². The molecular weight excluding hydrogens is 172 g/mol. The first-order chi connectivity index (χ1) is 6.25. The van der Waals surface area contributed by atoms with Crippen molar-refractivity contribution in [1.29, 1.82) is 0 Å². The molecule has 13 heavy (non-hydrogen) atoms. The Kier molecular flexibility index (Phi) is 2.02. The van der Waals surface area contributed by atoms with Gasteiger partial charge in [0.2, 0.25) is 0 Å². The van der Waals surface area contributed by atoms with E-state index >= 15 is 0 Å². The number of ether oxygens (including phenoxy) is 1. The average Bonchev–Trinajstić information content (AvgIpc) is 2.44. The molecule has 5 heteroatoms. The van der Waals surface area contributed by atoms with Crippen molar-refractivity contribution in [2.24, 2.45) is 0 Å². The van der Waals surface area contributed by atoms with Crippen molar-refractivity contribution >= 4 is 5.97 Å². The second-order valence-electron chi connectivity index (χ2n) is 2.99. The largest absolute Gasteiger partial charge is 0.480 e. The second-order valence-corrected chi connectivity index (χ2v) is 2.99. The van der Waals surface area contributed by atoms with E-state index in [1.807, 2.05) is 0 Å². The number of aliphatic carboxylic acids is 1. The summed E-state index contributed by atoms with van der Waals surface area (Å²) < 4.78 is 6.66. The van der Waals surface area contributed by atoms with E-state index in [-0.39, 0.29) is 6.54 Å². The van der Waals surface area contributed by atoms with E-state index in [2.05, 4.69) is 5.10 Å². The highest BCUT2D eigenvalue weighted by molar-refractivity contribution is 5.66. The standard InChI is InChI=1S/C8H10N2O3/c11-8(12)4-10-3-6-5-13-2-1-7(6)9-10/h3H,1-2,4-5H2,(H,11,12). The molecule has 0 radical (unpaired) electrons. The number of fused-ring (bicyclic) bond motifs is 1. The van der Waals surface area contributed by atoms with Gasteiger partial charge in [0.15, 0.2) is 0 Å². The highest BCUT2D eigenvalue weighted by atomic mass is 16.5. The molecule has 1 N–H and O–H groups in total. The number of rotatable bonds is 2. The lowest BCUT2D eigenvalue weighted by Crippen LogP contribution is -2.10. The van der Waals surface area contributed by atoms with Crippen LogP contribution in [-0.4, -0.2) is 27.5 Å². The smallest absolute Gasteiger partial charge is 0.325 e. The number of nitrogens with zero attached hydrogens (tertiary/aromatic N) is 2. The molecule has 2 rings (SSSR count). The molecule has 0 aliphatic carbocycles. The van der Waals surface area contributed by atoms with Gasteiger partial charge in [-0.1, -0.05) is 0 Å². The highest BCUT2D eigenvalue weighted by Crippen LogP contribution is 2.14. The van der Waals surface area contributed by atoms with Gasteiger partial charge in [-0.2, -0.15) is 5.10 Å². The molecule has 0 atom stereocenters. The molecule has 5 nitrogen and oxygen atoms in total. The molecular formula is C8H10N2O3. The Morgan fingerprint density at radius 3 is 3.31 bits per heavy atom. The van der Waals surface area contributed by atoms with Crippen molar-refractivity contribution in [1.82, 2.24) is 9.78 Å². The van der Waals surface area contributed by atoms with E-state index in [1.165, 1.54) is 4.68 Å². The summed E-state index contributed by atoms with van der Waals surface area (Å²) in [6.07, 6.45) is 2.52. The molecule has 1 aliphatic heterocycles. The molecule has 1 aromatic rings. The summed E-state index contributed by atoms with van der Waals surface area (Å²) in [6.45, 7) is 1.15. The molecule has 0 spiro atoms. The van der Waals surface area contributed by atoms with Crippen LogP contribution in [0.1, 0.15) is 11.3 Å². The van der Waals surface area contributed by atoms with Crippen LogP contribution in [0.3, 0.4) is 0 Å². The van der Waals surface area contributed by atoms with Crippen LogP contribution in [0.5, 0.6) is 0 Å². The molecule has 0 amide bonds. The van der Waals surface area contributed by atoms with Crippen LogP contribution in [0.4, 0.5) is 0 Å². The Labute approximate surface area is 74.9 Å².